The van der Waals surface area contributed by atoms with E-state index >= 15 is 0 Å². The van der Waals surface area contributed by atoms with E-state index in [-0.39, 0.29) is 17.7 Å². The minimum absolute atomic E-state index is 0.00216. The fraction of sp³-hybridized carbons (Fsp3) is 0.611. The molecular weight excluding hydrogens is 318 g/mol. The van der Waals surface area contributed by atoms with Crippen LogP contribution < -0.4 is 10.9 Å². The third-order valence-electron chi connectivity index (χ3n) is 5.00. The fourth-order valence-corrected chi connectivity index (χ4v) is 3.43. The molecule has 2 aromatic rings. The number of rotatable bonds is 7. The summed E-state index contributed by atoms with van der Waals surface area (Å²) in [6.07, 6.45) is 6.17. The van der Waals surface area contributed by atoms with Gasteiger partial charge in [-0.25, -0.2) is 4.98 Å². The molecule has 4 rings (SSSR count). The quantitative estimate of drug-likeness (QED) is 0.797. The van der Waals surface area contributed by atoms with Gasteiger partial charge in [0.1, 0.15) is 11.9 Å². The summed E-state index contributed by atoms with van der Waals surface area (Å²) in [6.45, 7) is 4.25. The van der Waals surface area contributed by atoms with Crippen molar-refractivity contribution in [1.82, 2.24) is 25.1 Å². The first-order valence-corrected chi connectivity index (χ1v) is 9.18. The number of H-pyrrole nitrogens is 1. The molecule has 2 N–H and O–H groups in total. The van der Waals surface area contributed by atoms with Crippen LogP contribution in [0, 0.1) is 5.92 Å². The van der Waals surface area contributed by atoms with E-state index in [0.29, 0.717) is 12.4 Å². The van der Waals surface area contributed by atoms with E-state index in [1.807, 2.05) is 13.1 Å². The number of nitrogens with zero attached hydrogens (tertiary/aromatic N) is 3. The SMILES string of the molecule is CCc1cc(=O)[nH]c(CN[C@H]2CCO[C@@H]2c2ccnn2CC2CC2)n1. The topological polar surface area (TPSA) is 84.8 Å². The molecule has 1 aliphatic carbocycles. The van der Waals surface area contributed by atoms with Crippen LogP contribution in [0.15, 0.2) is 23.1 Å². The van der Waals surface area contributed by atoms with Gasteiger partial charge in [0, 0.05) is 37.2 Å². The zero-order chi connectivity index (χ0) is 17.2. The van der Waals surface area contributed by atoms with Crippen molar-refractivity contribution in [3.05, 3.63) is 45.9 Å². The van der Waals surface area contributed by atoms with E-state index in [2.05, 4.69) is 31.1 Å². The van der Waals surface area contributed by atoms with Crippen molar-refractivity contribution in [3.8, 4) is 0 Å². The van der Waals surface area contributed by atoms with Gasteiger partial charge in [0.25, 0.3) is 5.56 Å². The van der Waals surface area contributed by atoms with Crippen LogP contribution in [0.25, 0.3) is 0 Å². The van der Waals surface area contributed by atoms with Gasteiger partial charge in [0.2, 0.25) is 0 Å². The summed E-state index contributed by atoms with van der Waals surface area (Å²) in [6, 6.07) is 3.82. The van der Waals surface area contributed by atoms with E-state index in [4.69, 9.17) is 4.74 Å². The Balaban J connectivity index is 1.44. The number of nitrogens with one attached hydrogen (secondary N) is 2. The Labute approximate surface area is 146 Å². The predicted octanol–water partition coefficient (Wildman–Crippen LogP) is 1.56. The van der Waals surface area contributed by atoms with Crippen molar-refractivity contribution < 1.29 is 4.74 Å². The lowest BCUT2D eigenvalue weighted by atomic mass is 10.1. The molecule has 2 aromatic heterocycles. The Bertz CT molecular complexity index is 780. The standard InChI is InChI=1S/C18H25N5O2/c1-2-13-9-17(24)22-16(21-13)10-19-14-6-8-25-18(14)15-5-7-20-23(15)11-12-3-4-12/h5,7,9,12,14,18-19H,2-4,6,8,10-11H2,1H3,(H,21,22,24)/t14-,18-/m0/s1. The van der Waals surface area contributed by atoms with Crippen LogP contribution in [-0.4, -0.2) is 32.4 Å². The fourth-order valence-electron chi connectivity index (χ4n) is 3.43. The number of hydrogen-bond donors (Lipinski definition) is 2. The maximum Gasteiger partial charge on any atom is 0.251 e. The van der Waals surface area contributed by atoms with Gasteiger partial charge in [-0.15, -0.1) is 0 Å². The van der Waals surface area contributed by atoms with Crippen LogP contribution in [-0.2, 0) is 24.2 Å². The molecule has 0 radical (unpaired) electrons. The highest BCUT2D eigenvalue weighted by molar-refractivity contribution is 5.11. The summed E-state index contributed by atoms with van der Waals surface area (Å²) in [4.78, 5) is 19.0. The highest BCUT2D eigenvalue weighted by Crippen LogP contribution is 2.34. The maximum absolute atomic E-state index is 11.7. The van der Waals surface area contributed by atoms with Gasteiger partial charge in [-0.3, -0.25) is 9.48 Å². The smallest absolute Gasteiger partial charge is 0.251 e. The number of ether oxygens (including phenoxy) is 1. The van der Waals surface area contributed by atoms with Crippen molar-refractivity contribution in [2.45, 2.75) is 57.8 Å². The molecule has 3 heterocycles. The first-order valence-electron chi connectivity index (χ1n) is 9.18. The van der Waals surface area contributed by atoms with Crippen molar-refractivity contribution in [3.63, 3.8) is 0 Å². The van der Waals surface area contributed by atoms with Gasteiger partial charge in [-0.2, -0.15) is 5.10 Å². The first-order chi connectivity index (χ1) is 12.2. The number of aromatic nitrogens is 4. The van der Waals surface area contributed by atoms with Crippen LogP contribution in [0.1, 0.15) is 49.5 Å². The molecule has 7 heteroatoms. The molecule has 0 unspecified atom stereocenters. The van der Waals surface area contributed by atoms with E-state index in [9.17, 15) is 4.79 Å². The lowest BCUT2D eigenvalue weighted by Crippen LogP contribution is -2.33. The number of aryl methyl sites for hydroxylation is 1. The summed E-state index contributed by atoms with van der Waals surface area (Å²) >= 11 is 0. The van der Waals surface area contributed by atoms with E-state index in [1.165, 1.54) is 12.8 Å². The van der Waals surface area contributed by atoms with Gasteiger partial charge in [-0.1, -0.05) is 6.92 Å². The van der Waals surface area contributed by atoms with Gasteiger partial charge >= 0.3 is 0 Å². The van der Waals surface area contributed by atoms with Gasteiger partial charge < -0.3 is 15.0 Å². The Morgan fingerprint density at radius 3 is 3.08 bits per heavy atom. The Morgan fingerprint density at radius 1 is 1.40 bits per heavy atom. The van der Waals surface area contributed by atoms with E-state index in [1.54, 1.807) is 6.07 Å². The summed E-state index contributed by atoms with van der Waals surface area (Å²) < 4.78 is 8.09. The van der Waals surface area contributed by atoms with Crippen molar-refractivity contribution in [2.24, 2.45) is 5.92 Å². The molecule has 1 aliphatic heterocycles. The molecule has 2 aliphatic rings. The molecular formula is C18H25N5O2. The highest BCUT2D eigenvalue weighted by atomic mass is 16.5. The molecule has 2 fully saturated rings. The van der Waals surface area contributed by atoms with Gasteiger partial charge in [-0.05, 0) is 37.7 Å². The molecule has 7 nitrogen and oxygen atoms in total. The zero-order valence-electron chi connectivity index (χ0n) is 14.6. The minimum Gasteiger partial charge on any atom is -0.370 e. The normalized spacial score (nSPS) is 23.2. The second-order valence-electron chi connectivity index (χ2n) is 6.99. The lowest BCUT2D eigenvalue weighted by Gasteiger charge is -2.21. The average Bonchev–Trinajstić information content (AvgIpc) is 3.11. The third kappa shape index (κ3) is 3.82. The Kier molecular flexibility index (Phi) is 4.67. The van der Waals surface area contributed by atoms with Crippen LogP contribution >= 0.6 is 0 Å². The van der Waals surface area contributed by atoms with Crippen LogP contribution in [0.5, 0.6) is 0 Å². The van der Waals surface area contributed by atoms with Crippen LogP contribution in [0.3, 0.4) is 0 Å². The van der Waals surface area contributed by atoms with Gasteiger partial charge in [0.15, 0.2) is 0 Å². The number of hydrogen-bond acceptors (Lipinski definition) is 5. The first kappa shape index (κ1) is 16.5. The van der Waals surface area contributed by atoms with Gasteiger partial charge in [0.05, 0.1) is 12.2 Å². The summed E-state index contributed by atoms with van der Waals surface area (Å²) in [5.74, 6) is 1.46. The molecule has 0 aromatic carbocycles. The third-order valence-corrected chi connectivity index (χ3v) is 5.00. The second kappa shape index (κ2) is 7.09. The minimum atomic E-state index is -0.0922. The van der Waals surface area contributed by atoms with Crippen molar-refractivity contribution >= 4 is 0 Å². The number of aromatic amines is 1. The molecule has 25 heavy (non-hydrogen) atoms. The molecule has 134 valence electrons. The summed E-state index contributed by atoms with van der Waals surface area (Å²) in [5, 5.41) is 7.99. The van der Waals surface area contributed by atoms with E-state index in [0.717, 1.165) is 43.3 Å². The molecule has 2 atom stereocenters. The second-order valence-corrected chi connectivity index (χ2v) is 6.99. The van der Waals surface area contributed by atoms with Crippen LogP contribution in [0.2, 0.25) is 0 Å². The summed E-state index contributed by atoms with van der Waals surface area (Å²) in [7, 11) is 0. The average molecular weight is 343 g/mol. The highest BCUT2D eigenvalue weighted by Gasteiger charge is 2.33. The Morgan fingerprint density at radius 2 is 2.28 bits per heavy atom. The monoisotopic (exact) mass is 343 g/mol. The maximum atomic E-state index is 11.7. The molecule has 1 saturated heterocycles. The molecule has 1 saturated carbocycles. The Hall–Kier alpha value is -1.99. The summed E-state index contributed by atoms with van der Waals surface area (Å²) in [5.41, 5.74) is 1.87. The largest absolute Gasteiger partial charge is 0.370 e. The van der Waals surface area contributed by atoms with Crippen molar-refractivity contribution in [1.29, 1.82) is 0 Å². The van der Waals surface area contributed by atoms with E-state index < -0.39 is 0 Å². The van der Waals surface area contributed by atoms with Crippen molar-refractivity contribution in [2.75, 3.05) is 6.61 Å². The predicted molar refractivity (Wildman–Crippen MR) is 93.1 cm³/mol. The molecule has 0 spiro atoms. The van der Waals surface area contributed by atoms with Crippen LogP contribution in [0.4, 0.5) is 0 Å². The lowest BCUT2D eigenvalue weighted by molar-refractivity contribution is 0.0905. The molecule has 0 bridgehead atoms. The molecule has 0 amide bonds. The zero-order valence-corrected chi connectivity index (χ0v) is 14.6.